The number of hydrogen-bond acceptors (Lipinski definition) is 10. The summed E-state index contributed by atoms with van der Waals surface area (Å²) in [6.45, 7) is 4.85. The number of rotatable bonds is 12. The van der Waals surface area contributed by atoms with Crippen molar-refractivity contribution in [1.29, 1.82) is 0 Å². The first-order chi connectivity index (χ1) is 22.1. The van der Waals surface area contributed by atoms with Crippen LogP contribution in [-0.4, -0.2) is 97.5 Å². The summed E-state index contributed by atoms with van der Waals surface area (Å²) in [5.74, 6) is 0. The maximum atomic E-state index is 13.1. The maximum Gasteiger partial charge on any atom is 0.415 e. The fraction of sp³-hybridized carbons (Fsp3) is 0.394. The molecule has 2 atom stereocenters. The van der Waals surface area contributed by atoms with Gasteiger partial charge in [0.1, 0.15) is 10.0 Å². The Labute approximate surface area is 272 Å². The highest BCUT2D eigenvalue weighted by atomic mass is 32.1. The first kappa shape index (κ1) is 32.6. The molecule has 0 aliphatic carbocycles. The second-order valence-corrected chi connectivity index (χ2v) is 12.7. The van der Waals surface area contributed by atoms with Crippen LogP contribution in [0.25, 0.3) is 0 Å². The molecule has 2 aromatic carbocycles. The summed E-state index contributed by atoms with van der Waals surface area (Å²) in [7, 11) is 2.85. The highest BCUT2D eigenvalue weighted by molar-refractivity contribution is 7.14. The van der Waals surface area contributed by atoms with E-state index in [1.165, 1.54) is 36.9 Å². The SMILES string of the molecule is COC(=O)N(c1cncs1)C(Cc1ccccc1)CN1CCCN(CC(Cc2ccccc2)N(C(=O)OC)c2cncs2)CC1. The van der Waals surface area contributed by atoms with Crippen molar-refractivity contribution in [2.24, 2.45) is 0 Å². The van der Waals surface area contributed by atoms with Crippen LogP contribution in [0.4, 0.5) is 19.6 Å². The molecule has 1 aliphatic heterocycles. The Kier molecular flexibility index (Phi) is 11.9. The van der Waals surface area contributed by atoms with Gasteiger partial charge in [0.05, 0.1) is 49.7 Å². The van der Waals surface area contributed by atoms with Crippen molar-refractivity contribution in [3.05, 3.63) is 95.2 Å². The maximum absolute atomic E-state index is 13.1. The molecular weight excluding hydrogens is 609 g/mol. The van der Waals surface area contributed by atoms with E-state index in [9.17, 15) is 9.59 Å². The number of anilines is 2. The summed E-state index contributed by atoms with van der Waals surface area (Å²) in [6, 6.07) is 20.2. The molecule has 0 N–H and O–H groups in total. The molecule has 0 saturated carbocycles. The van der Waals surface area contributed by atoms with E-state index in [-0.39, 0.29) is 24.3 Å². The first-order valence-electron chi connectivity index (χ1n) is 15.1. The van der Waals surface area contributed by atoms with Gasteiger partial charge in [-0.1, -0.05) is 60.7 Å². The fourth-order valence-corrected chi connectivity index (χ4v) is 7.30. The number of ether oxygens (including phenoxy) is 2. The number of methoxy groups -OCH3 is 2. The third-order valence-corrected chi connectivity index (χ3v) is 9.58. The van der Waals surface area contributed by atoms with Gasteiger partial charge in [-0.2, -0.15) is 0 Å². The van der Waals surface area contributed by atoms with Gasteiger partial charge in [0.25, 0.3) is 0 Å². The second-order valence-electron chi connectivity index (χ2n) is 11.0. The van der Waals surface area contributed by atoms with Gasteiger partial charge in [0.2, 0.25) is 0 Å². The molecule has 1 saturated heterocycles. The lowest BCUT2D eigenvalue weighted by Crippen LogP contribution is -2.50. The van der Waals surface area contributed by atoms with Gasteiger partial charge in [-0.05, 0) is 43.5 Å². The minimum Gasteiger partial charge on any atom is -0.452 e. The predicted octanol–water partition coefficient (Wildman–Crippen LogP) is 5.68. The summed E-state index contributed by atoms with van der Waals surface area (Å²) >= 11 is 2.87. The predicted molar refractivity (Wildman–Crippen MR) is 179 cm³/mol. The molecule has 238 valence electrons. The summed E-state index contributed by atoms with van der Waals surface area (Å²) < 4.78 is 10.5. The zero-order valence-corrected chi connectivity index (χ0v) is 27.4. The summed E-state index contributed by atoms with van der Waals surface area (Å²) in [5, 5.41) is 1.54. The minimum atomic E-state index is -0.383. The number of carbonyl (C=O) groups is 2. The first-order valence-corrected chi connectivity index (χ1v) is 16.9. The zero-order chi connectivity index (χ0) is 31.4. The molecule has 5 rings (SSSR count). The van der Waals surface area contributed by atoms with Crippen molar-refractivity contribution >= 4 is 44.9 Å². The zero-order valence-electron chi connectivity index (χ0n) is 25.7. The summed E-state index contributed by atoms with van der Waals surface area (Å²) in [4.78, 5) is 43.1. The Morgan fingerprint density at radius 1 is 0.711 bits per heavy atom. The molecule has 45 heavy (non-hydrogen) atoms. The average Bonchev–Trinajstić information content (AvgIpc) is 3.75. The lowest BCUT2D eigenvalue weighted by molar-refractivity contribution is 0.169. The molecule has 12 heteroatoms. The molecule has 2 amide bonds. The van der Waals surface area contributed by atoms with Gasteiger partial charge in [-0.15, -0.1) is 22.7 Å². The van der Waals surface area contributed by atoms with Crippen LogP contribution >= 0.6 is 22.7 Å². The monoisotopic (exact) mass is 648 g/mol. The molecule has 2 unspecified atom stereocenters. The molecule has 1 fully saturated rings. The highest BCUT2D eigenvalue weighted by Gasteiger charge is 2.32. The fourth-order valence-electron chi connectivity index (χ4n) is 5.92. The van der Waals surface area contributed by atoms with E-state index in [4.69, 9.17) is 9.47 Å². The molecule has 0 radical (unpaired) electrons. The van der Waals surface area contributed by atoms with Crippen molar-refractivity contribution in [1.82, 2.24) is 19.8 Å². The van der Waals surface area contributed by atoms with Gasteiger partial charge in [0.15, 0.2) is 0 Å². The Balaban J connectivity index is 1.32. The van der Waals surface area contributed by atoms with Crippen LogP contribution in [0.15, 0.2) is 84.1 Å². The summed E-state index contributed by atoms with van der Waals surface area (Å²) in [6.07, 6.45) is 5.04. The molecule has 0 bridgehead atoms. The van der Waals surface area contributed by atoms with Gasteiger partial charge in [0, 0.05) is 26.2 Å². The van der Waals surface area contributed by atoms with Gasteiger partial charge < -0.3 is 9.47 Å². The lowest BCUT2D eigenvalue weighted by atomic mass is 10.0. The number of aromatic nitrogens is 2. The third kappa shape index (κ3) is 8.88. The van der Waals surface area contributed by atoms with Crippen molar-refractivity contribution < 1.29 is 19.1 Å². The van der Waals surface area contributed by atoms with Crippen LogP contribution in [0.5, 0.6) is 0 Å². The molecule has 3 heterocycles. The Hall–Kier alpha value is -3.84. The molecule has 4 aromatic rings. The van der Waals surface area contributed by atoms with Crippen molar-refractivity contribution in [3.8, 4) is 0 Å². The summed E-state index contributed by atoms with van der Waals surface area (Å²) in [5.41, 5.74) is 5.80. The topological polar surface area (TPSA) is 91.3 Å². The van der Waals surface area contributed by atoms with E-state index in [1.54, 1.807) is 33.2 Å². The van der Waals surface area contributed by atoms with Crippen LogP contribution < -0.4 is 9.80 Å². The normalized spacial score (nSPS) is 15.5. The number of amides is 2. The van der Waals surface area contributed by atoms with Gasteiger partial charge >= 0.3 is 12.2 Å². The van der Waals surface area contributed by atoms with E-state index < -0.39 is 0 Å². The minimum absolute atomic E-state index is 0.140. The van der Waals surface area contributed by atoms with E-state index in [0.717, 1.165) is 53.7 Å². The van der Waals surface area contributed by atoms with Crippen LogP contribution in [0.1, 0.15) is 17.5 Å². The largest absolute Gasteiger partial charge is 0.452 e. The van der Waals surface area contributed by atoms with Crippen molar-refractivity contribution in [2.45, 2.75) is 31.3 Å². The van der Waals surface area contributed by atoms with Gasteiger partial charge in [-0.25, -0.2) is 9.59 Å². The quantitative estimate of drug-likeness (QED) is 0.194. The van der Waals surface area contributed by atoms with E-state index in [2.05, 4.69) is 44.0 Å². The van der Waals surface area contributed by atoms with Gasteiger partial charge in [-0.3, -0.25) is 29.6 Å². The molecular formula is C33H40N6O4S2. The molecule has 2 aromatic heterocycles. The number of carbonyl (C=O) groups excluding carboxylic acids is 2. The van der Waals surface area contributed by atoms with Crippen LogP contribution in [0, 0.1) is 0 Å². The standard InChI is InChI=1S/C33H40N6O4S2/c1-42-32(40)38(30-20-34-24-44-30)28(18-26-10-5-3-6-11-26)22-36-14-9-15-37(17-16-36)23-29(19-27-12-7-4-8-13-27)39(33(41)43-2)31-21-35-25-45-31/h3-8,10-13,20-21,24-25,28-29H,9,14-19,22-23H2,1-2H3. The van der Waals surface area contributed by atoms with E-state index in [1.807, 2.05) is 36.4 Å². The van der Waals surface area contributed by atoms with E-state index in [0.29, 0.717) is 25.9 Å². The number of hydrogen-bond donors (Lipinski definition) is 0. The molecule has 1 aliphatic rings. The highest BCUT2D eigenvalue weighted by Crippen LogP contribution is 2.27. The lowest BCUT2D eigenvalue weighted by Gasteiger charge is -2.34. The van der Waals surface area contributed by atoms with Crippen LogP contribution in [0.3, 0.4) is 0 Å². The third-order valence-electron chi connectivity index (χ3n) is 8.03. The van der Waals surface area contributed by atoms with Crippen LogP contribution in [0.2, 0.25) is 0 Å². The average molecular weight is 649 g/mol. The molecule has 0 spiro atoms. The molecule has 10 nitrogen and oxygen atoms in total. The number of nitrogens with zero attached hydrogens (tertiary/aromatic N) is 6. The Morgan fingerprint density at radius 2 is 1.13 bits per heavy atom. The Morgan fingerprint density at radius 3 is 1.49 bits per heavy atom. The van der Waals surface area contributed by atoms with E-state index >= 15 is 0 Å². The Bertz CT molecular complexity index is 1330. The van der Waals surface area contributed by atoms with Crippen molar-refractivity contribution in [2.75, 3.05) is 63.3 Å². The second kappa shape index (κ2) is 16.5. The number of benzene rings is 2. The smallest absolute Gasteiger partial charge is 0.415 e. The van der Waals surface area contributed by atoms with Crippen molar-refractivity contribution in [3.63, 3.8) is 0 Å². The van der Waals surface area contributed by atoms with Crippen LogP contribution in [-0.2, 0) is 22.3 Å². The number of thiazole rings is 2.